The maximum absolute atomic E-state index is 11.8. The standard InChI is InChI=1S/C14H22N4O2/c1-9(2)17-13(19)8-18(4)12-7-10(15)5-6-11(12)14(20)16-3/h5-7,9H,8,15H2,1-4H3,(H,16,20)(H,17,19). The zero-order valence-electron chi connectivity index (χ0n) is 12.4. The van der Waals surface area contributed by atoms with E-state index < -0.39 is 0 Å². The van der Waals surface area contributed by atoms with Gasteiger partial charge in [0.05, 0.1) is 17.8 Å². The van der Waals surface area contributed by atoms with Crippen molar-refractivity contribution in [1.29, 1.82) is 0 Å². The third-order valence-corrected chi connectivity index (χ3v) is 2.74. The van der Waals surface area contributed by atoms with Crippen LogP contribution in [-0.2, 0) is 4.79 Å². The maximum atomic E-state index is 11.8. The van der Waals surface area contributed by atoms with Crippen LogP contribution in [0, 0.1) is 0 Å². The Kier molecular flexibility index (Phi) is 5.37. The van der Waals surface area contributed by atoms with Gasteiger partial charge in [0.15, 0.2) is 0 Å². The average molecular weight is 278 g/mol. The highest BCUT2D eigenvalue weighted by molar-refractivity contribution is 6.00. The fourth-order valence-electron chi connectivity index (χ4n) is 1.86. The Morgan fingerprint density at radius 1 is 1.35 bits per heavy atom. The molecule has 0 atom stereocenters. The summed E-state index contributed by atoms with van der Waals surface area (Å²) in [5, 5.41) is 5.38. The number of benzene rings is 1. The van der Waals surface area contributed by atoms with Crippen molar-refractivity contribution >= 4 is 23.2 Å². The largest absolute Gasteiger partial charge is 0.399 e. The molecule has 1 rings (SSSR count). The number of anilines is 2. The third-order valence-electron chi connectivity index (χ3n) is 2.74. The van der Waals surface area contributed by atoms with Gasteiger partial charge < -0.3 is 21.3 Å². The monoisotopic (exact) mass is 278 g/mol. The predicted octanol–water partition coefficient (Wildman–Crippen LogP) is 0.589. The van der Waals surface area contributed by atoms with Gasteiger partial charge in [-0.1, -0.05) is 0 Å². The number of carbonyl (C=O) groups is 2. The summed E-state index contributed by atoms with van der Waals surface area (Å²) in [4.78, 5) is 25.3. The van der Waals surface area contributed by atoms with Gasteiger partial charge in [-0.15, -0.1) is 0 Å². The maximum Gasteiger partial charge on any atom is 0.253 e. The van der Waals surface area contributed by atoms with Crippen molar-refractivity contribution in [2.24, 2.45) is 0 Å². The molecule has 6 nitrogen and oxygen atoms in total. The number of hydrogen-bond acceptors (Lipinski definition) is 4. The Bertz CT molecular complexity index is 500. The van der Waals surface area contributed by atoms with Crippen molar-refractivity contribution in [3.63, 3.8) is 0 Å². The van der Waals surface area contributed by atoms with Gasteiger partial charge in [0, 0.05) is 25.8 Å². The normalized spacial score (nSPS) is 10.2. The zero-order chi connectivity index (χ0) is 15.3. The number of likely N-dealkylation sites (N-methyl/N-ethyl adjacent to an activating group) is 1. The van der Waals surface area contributed by atoms with Crippen LogP contribution in [0.5, 0.6) is 0 Å². The van der Waals surface area contributed by atoms with Gasteiger partial charge >= 0.3 is 0 Å². The lowest BCUT2D eigenvalue weighted by Crippen LogP contribution is -2.39. The molecule has 0 aromatic heterocycles. The Labute approximate surface area is 119 Å². The van der Waals surface area contributed by atoms with E-state index in [-0.39, 0.29) is 24.4 Å². The molecule has 4 N–H and O–H groups in total. The first-order valence-electron chi connectivity index (χ1n) is 6.47. The van der Waals surface area contributed by atoms with Crippen molar-refractivity contribution < 1.29 is 9.59 Å². The number of carbonyl (C=O) groups excluding carboxylic acids is 2. The van der Waals surface area contributed by atoms with Crippen molar-refractivity contribution in [3.8, 4) is 0 Å². The first-order valence-corrected chi connectivity index (χ1v) is 6.47. The molecular formula is C14H22N4O2. The number of nitrogen functional groups attached to an aromatic ring is 1. The lowest BCUT2D eigenvalue weighted by atomic mass is 10.1. The minimum absolute atomic E-state index is 0.0788. The van der Waals surface area contributed by atoms with Crippen LogP contribution in [0.3, 0.4) is 0 Å². The minimum atomic E-state index is -0.212. The second-order valence-corrected chi connectivity index (χ2v) is 4.93. The first kappa shape index (κ1) is 15.8. The second-order valence-electron chi connectivity index (χ2n) is 4.93. The number of nitrogens with one attached hydrogen (secondary N) is 2. The summed E-state index contributed by atoms with van der Waals surface area (Å²) in [7, 11) is 3.31. The smallest absolute Gasteiger partial charge is 0.253 e. The van der Waals surface area contributed by atoms with Gasteiger partial charge in [0.25, 0.3) is 5.91 Å². The fraction of sp³-hybridized carbons (Fsp3) is 0.429. The van der Waals surface area contributed by atoms with Gasteiger partial charge in [-0.25, -0.2) is 0 Å². The molecular weight excluding hydrogens is 256 g/mol. The van der Waals surface area contributed by atoms with E-state index in [0.717, 1.165) is 0 Å². The molecule has 0 aliphatic carbocycles. The van der Waals surface area contributed by atoms with Gasteiger partial charge in [-0.05, 0) is 32.0 Å². The lowest BCUT2D eigenvalue weighted by Gasteiger charge is -2.22. The summed E-state index contributed by atoms with van der Waals surface area (Å²) in [6.45, 7) is 3.95. The van der Waals surface area contributed by atoms with Crippen LogP contribution in [0.4, 0.5) is 11.4 Å². The van der Waals surface area contributed by atoms with E-state index in [0.29, 0.717) is 16.9 Å². The number of rotatable bonds is 5. The van der Waals surface area contributed by atoms with E-state index in [1.807, 2.05) is 13.8 Å². The van der Waals surface area contributed by atoms with E-state index in [9.17, 15) is 9.59 Å². The molecule has 0 aliphatic rings. The van der Waals surface area contributed by atoms with Crippen LogP contribution in [0.2, 0.25) is 0 Å². The SMILES string of the molecule is CNC(=O)c1ccc(N)cc1N(C)CC(=O)NC(C)C. The van der Waals surface area contributed by atoms with Crippen LogP contribution in [0.15, 0.2) is 18.2 Å². The summed E-state index contributed by atoms with van der Waals surface area (Å²) in [5.74, 6) is -0.316. The van der Waals surface area contributed by atoms with E-state index in [4.69, 9.17) is 5.73 Å². The molecule has 0 heterocycles. The summed E-state index contributed by atoms with van der Waals surface area (Å²) < 4.78 is 0. The highest BCUT2D eigenvalue weighted by Gasteiger charge is 2.16. The van der Waals surface area contributed by atoms with Crippen molar-refractivity contribution in [3.05, 3.63) is 23.8 Å². The topological polar surface area (TPSA) is 87.5 Å². The number of nitrogens with zero attached hydrogens (tertiary/aromatic N) is 1. The Morgan fingerprint density at radius 3 is 2.55 bits per heavy atom. The molecule has 0 unspecified atom stereocenters. The van der Waals surface area contributed by atoms with Crippen molar-refractivity contribution in [2.45, 2.75) is 19.9 Å². The molecule has 0 radical (unpaired) electrons. The van der Waals surface area contributed by atoms with Crippen LogP contribution >= 0.6 is 0 Å². The van der Waals surface area contributed by atoms with Crippen LogP contribution in [0.25, 0.3) is 0 Å². The highest BCUT2D eigenvalue weighted by Crippen LogP contribution is 2.22. The quantitative estimate of drug-likeness (QED) is 0.688. The zero-order valence-corrected chi connectivity index (χ0v) is 12.4. The molecule has 0 fully saturated rings. The van der Waals surface area contributed by atoms with Gasteiger partial charge in [0.1, 0.15) is 0 Å². The van der Waals surface area contributed by atoms with Gasteiger partial charge in [0.2, 0.25) is 5.91 Å². The minimum Gasteiger partial charge on any atom is -0.399 e. The van der Waals surface area contributed by atoms with Crippen molar-refractivity contribution in [1.82, 2.24) is 10.6 Å². The van der Waals surface area contributed by atoms with Crippen LogP contribution in [0.1, 0.15) is 24.2 Å². The van der Waals surface area contributed by atoms with Gasteiger partial charge in [-0.3, -0.25) is 9.59 Å². The summed E-state index contributed by atoms with van der Waals surface area (Å²) in [6, 6.07) is 5.08. The molecule has 6 heteroatoms. The first-order chi connectivity index (χ1) is 9.35. The van der Waals surface area contributed by atoms with E-state index >= 15 is 0 Å². The Hall–Kier alpha value is -2.24. The molecule has 0 aliphatic heterocycles. The predicted molar refractivity (Wildman–Crippen MR) is 80.8 cm³/mol. The third kappa shape index (κ3) is 4.15. The molecule has 0 spiro atoms. The Morgan fingerprint density at radius 2 is 2.00 bits per heavy atom. The number of hydrogen-bond donors (Lipinski definition) is 3. The lowest BCUT2D eigenvalue weighted by molar-refractivity contribution is -0.120. The molecule has 0 saturated carbocycles. The van der Waals surface area contributed by atoms with Crippen LogP contribution in [-0.4, -0.2) is 38.5 Å². The molecule has 1 aromatic rings. The summed E-state index contributed by atoms with van der Waals surface area (Å²) in [6.07, 6.45) is 0. The molecule has 2 amide bonds. The fourth-order valence-corrected chi connectivity index (χ4v) is 1.86. The molecule has 0 bridgehead atoms. The van der Waals surface area contributed by atoms with Crippen LogP contribution < -0.4 is 21.3 Å². The number of amides is 2. The van der Waals surface area contributed by atoms with E-state index in [1.54, 1.807) is 37.2 Å². The number of nitrogens with two attached hydrogens (primary N) is 1. The highest BCUT2D eigenvalue weighted by atomic mass is 16.2. The molecule has 110 valence electrons. The molecule has 0 saturated heterocycles. The summed E-state index contributed by atoms with van der Waals surface area (Å²) in [5.41, 5.74) is 7.42. The second kappa shape index (κ2) is 6.79. The van der Waals surface area contributed by atoms with E-state index in [1.165, 1.54) is 0 Å². The average Bonchev–Trinajstić information content (AvgIpc) is 2.36. The molecule has 1 aromatic carbocycles. The van der Waals surface area contributed by atoms with Gasteiger partial charge in [-0.2, -0.15) is 0 Å². The molecule has 20 heavy (non-hydrogen) atoms. The summed E-state index contributed by atoms with van der Waals surface area (Å²) >= 11 is 0. The van der Waals surface area contributed by atoms with Crippen molar-refractivity contribution in [2.75, 3.05) is 31.3 Å². The Balaban J connectivity index is 2.96. The van der Waals surface area contributed by atoms with E-state index in [2.05, 4.69) is 10.6 Å².